The van der Waals surface area contributed by atoms with Crippen LogP contribution in [0.5, 0.6) is 5.75 Å². The molecule has 1 unspecified atom stereocenters. The van der Waals surface area contributed by atoms with Gasteiger partial charge in [0.2, 0.25) is 0 Å². The summed E-state index contributed by atoms with van der Waals surface area (Å²) in [5.74, 6) is -1.81. The molecule has 0 aliphatic carbocycles. The molecule has 3 aromatic carbocycles. The zero-order chi connectivity index (χ0) is 24.4. The third kappa shape index (κ3) is 4.92. The molecule has 0 amide bonds. The molecule has 0 saturated heterocycles. The van der Waals surface area contributed by atoms with E-state index in [0.717, 1.165) is 40.1 Å². The molecule has 1 aliphatic rings. The number of hydrogen-bond acceptors (Lipinski definition) is 3. The van der Waals surface area contributed by atoms with Gasteiger partial charge in [-0.3, -0.25) is 4.79 Å². The van der Waals surface area contributed by atoms with Crippen LogP contribution >= 0.6 is 0 Å². The lowest BCUT2D eigenvalue weighted by Crippen LogP contribution is -2.05. The number of benzene rings is 3. The lowest BCUT2D eigenvalue weighted by molar-refractivity contribution is -0.137. The predicted octanol–water partition coefficient (Wildman–Crippen LogP) is 6.96. The Labute approximate surface area is 201 Å². The summed E-state index contributed by atoms with van der Waals surface area (Å²) in [5.41, 5.74) is 5.22. The number of carbonyl (C=O) groups is 1. The van der Waals surface area contributed by atoms with Gasteiger partial charge in [-0.1, -0.05) is 42.5 Å². The quantitative estimate of drug-likeness (QED) is 0.330. The molecule has 2 heterocycles. The fourth-order valence-corrected chi connectivity index (χ4v) is 4.58. The van der Waals surface area contributed by atoms with Crippen molar-refractivity contribution >= 4 is 29.0 Å². The fraction of sp³-hybridized carbons (Fsp3) is 0.172. The summed E-state index contributed by atoms with van der Waals surface area (Å²) in [6.45, 7) is 0.464. The van der Waals surface area contributed by atoms with Crippen LogP contribution < -0.4 is 4.74 Å². The van der Waals surface area contributed by atoms with Crippen molar-refractivity contribution in [2.75, 3.05) is 0 Å². The Morgan fingerprint density at radius 2 is 1.83 bits per heavy atom. The Bertz CT molecular complexity index is 1450. The molecule has 0 bridgehead atoms. The second kappa shape index (κ2) is 9.66. The van der Waals surface area contributed by atoms with Crippen molar-refractivity contribution in [3.05, 3.63) is 106 Å². The van der Waals surface area contributed by atoms with Crippen molar-refractivity contribution in [3.63, 3.8) is 0 Å². The van der Waals surface area contributed by atoms with E-state index >= 15 is 0 Å². The minimum absolute atomic E-state index is 0.0214. The van der Waals surface area contributed by atoms with Gasteiger partial charge >= 0.3 is 5.97 Å². The first kappa shape index (κ1) is 22.7. The van der Waals surface area contributed by atoms with Crippen LogP contribution in [0.15, 0.2) is 66.7 Å². The molecule has 6 heteroatoms. The number of aliphatic carboxylic acids is 1. The van der Waals surface area contributed by atoms with Crippen LogP contribution in [-0.4, -0.2) is 16.1 Å². The Hall–Kier alpha value is -4.06. The molecule has 4 aromatic rings. The molecule has 5 rings (SSSR count). The summed E-state index contributed by atoms with van der Waals surface area (Å²) in [7, 11) is 0. The van der Waals surface area contributed by atoms with Gasteiger partial charge in [0.15, 0.2) is 11.6 Å². The topological polar surface area (TPSA) is 59.4 Å². The van der Waals surface area contributed by atoms with E-state index in [4.69, 9.17) is 9.84 Å². The monoisotopic (exact) mass is 471 g/mol. The van der Waals surface area contributed by atoms with E-state index in [1.54, 1.807) is 12.1 Å². The van der Waals surface area contributed by atoms with E-state index in [0.29, 0.717) is 36.0 Å². The third-order valence-corrected chi connectivity index (χ3v) is 6.31. The number of carboxylic acids is 1. The average molecular weight is 472 g/mol. The maximum absolute atomic E-state index is 13.6. The molecule has 0 spiro atoms. The van der Waals surface area contributed by atoms with Gasteiger partial charge in [-0.25, -0.2) is 13.8 Å². The van der Waals surface area contributed by atoms with Gasteiger partial charge < -0.3 is 9.84 Å². The van der Waals surface area contributed by atoms with Gasteiger partial charge in [-0.2, -0.15) is 0 Å². The Morgan fingerprint density at radius 3 is 2.69 bits per heavy atom. The molecule has 1 aromatic heterocycles. The zero-order valence-electron chi connectivity index (χ0n) is 18.9. The smallest absolute Gasteiger partial charge is 0.303 e. The number of carboxylic acid groups (broad SMARTS) is 1. The third-order valence-electron chi connectivity index (χ3n) is 6.31. The predicted molar refractivity (Wildman–Crippen MR) is 131 cm³/mol. The summed E-state index contributed by atoms with van der Waals surface area (Å²) in [5, 5.41) is 9.66. The van der Waals surface area contributed by atoms with Crippen molar-refractivity contribution in [2.45, 2.75) is 31.8 Å². The number of ether oxygens (including phenoxy) is 1. The Kier molecular flexibility index (Phi) is 6.27. The van der Waals surface area contributed by atoms with Gasteiger partial charge in [0, 0.05) is 29.4 Å². The fourth-order valence-electron chi connectivity index (χ4n) is 4.58. The van der Waals surface area contributed by atoms with E-state index < -0.39 is 17.6 Å². The van der Waals surface area contributed by atoms with Crippen LogP contribution in [0.3, 0.4) is 0 Å². The lowest BCUT2D eigenvalue weighted by Gasteiger charge is -2.19. The van der Waals surface area contributed by atoms with E-state index in [9.17, 15) is 13.6 Å². The average Bonchev–Trinajstić information content (AvgIpc) is 3.00. The second-order valence-corrected chi connectivity index (χ2v) is 8.65. The summed E-state index contributed by atoms with van der Waals surface area (Å²) >= 11 is 0. The summed E-state index contributed by atoms with van der Waals surface area (Å²) in [6, 6.07) is 19.8. The molecular weight excluding hydrogens is 448 g/mol. The van der Waals surface area contributed by atoms with Crippen LogP contribution in [-0.2, 0) is 11.4 Å². The van der Waals surface area contributed by atoms with E-state index in [-0.39, 0.29) is 12.3 Å². The molecule has 4 nitrogen and oxygen atoms in total. The highest BCUT2D eigenvalue weighted by Gasteiger charge is 2.24. The number of fused-ring (bicyclic) bond motifs is 3. The number of nitrogens with zero attached hydrogens (tertiary/aromatic N) is 1. The van der Waals surface area contributed by atoms with E-state index in [1.807, 2.05) is 42.5 Å². The summed E-state index contributed by atoms with van der Waals surface area (Å²) in [6.07, 6.45) is 5.12. The van der Waals surface area contributed by atoms with Crippen LogP contribution in [0.1, 0.15) is 53.1 Å². The van der Waals surface area contributed by atoms with Gasteiger partial charge in [0.05, 0.1) is 11.2 Å². The zero-order valence-corrected chi connectivity index (χ0v) is 18.9. The number of hydrogen-bond donors (Lipinski definition) is 1. The minimum Gasteiger partial charge on any atom is -0.489 e. The highest BCUT2D eigenvalue weighted by Crippen LogP contribution is 2.41. The van der Waals surface area contributed by atoms with Crippen molar-refractivity contribution in [2.24, 2.45) is 0 Å². The summed E-state index contributed by atoms with van der Waals surface area (Å²) in [4.78, 5) is 15.5. The highest BCUT2D eigenvalue weighted by molar-refractivity contribution is 5.81. The summed E-state index contributed by atoms with van der Waals surface area (Å²) < 4.78 is 33.2. The Morgan fingerprint density at radius 1 is 1.00 bits per heavy atom. The molecule has 1 atom stereocenters. The van der Waals surface area contributed by atoms with Gasteiger partial charge in [-0.15, -0.1) is 0 Å². The molecule has 176 valence electrons. The maximum atomic E-state index is 13.6. The first-order chi connectivity index (χ1) is 17.0. The normalized spacial score (nSPS) is 14.9. The van der Waals surface area contributed by atoms with Crippen LogP contribution in [0.25, 0.3) is 23.1 Å². The number of rotatable bonds is 6. The first-order valence-electron chi connectivity index (χ1n) is 11.5. The van der Waals surface area contributed by atoms with Crippen molar-refractivity contribution in [1.82, 2.24) is 4.98 Å². The molecule has 1 N–H and O–H groups in total. The van der Waals surface area contributed by atoms with Crippen molar-refractivity contribution in [1.29, 1.82) is 0 Å². The van der Waals surface area contributed by atoms with Gasteiger partial charge in [-0.05, 0) is 59.9 Å². The maximum Gasteiger partial charge on any atom is 0.303 e. The van der Waals surface area contributed by atoms with Crippen LogP contribution in [0.4, 0.5) is 8.78 Å². The van der Waals surface area contributed by atoms with Crippen LogP contribution in [0.2, 0.25) is 0 Å². The highest BCUT2D eigenvalue weighted by atomic mass is 19.2. The van der Waals surface area contributed by atoms with E-state index in [2.05, 4.69) is 17.1 Å². The SMILES string of the molecule is O=C(O)CCCC1c2ccccc2COc2ccc(/C=C/c3ccc4cc(F)c(F)cc4n3)cc21. The van der Waals surface area contributed by atoms with Crippen molar-refractivity contribution in [3.8, 4) is 5.75 Å². The van der Waals surface area contributed by atoms with E-state index in [1.165, 1.54) is 0 Å². The van der Waals surface area contributed by atoms with Gasteiger partial charge in [0.1, 0.15) is 12.4 Å². The molecule has 0 saturated carbocycles. The second-order valence-electron chi connectivity index (χ2n) is 8.65. The standard InChI is InChI=1S/C29H23F2NO3/c30-25-15-19-10-12-21(32-27(19)16-26(25)31)11-8-18-9-13-28-24(14-18)23(6-3-7-29(33)34)22-5-2-1-4-20(22)17-35-28/h1-2,4-5,8-16,23H,3,6-7,17H2,(H,33,34)/b11-8+. The number of halogens is 2. The molecule has 0 fully saturated rings. The molecular formula is C29H23F2NO3. The van der Waals surface area contributed by atoms with Crippen LogP contribution in [0, 0.1) is 11.6 Å². The lowest BCUT2D eigenvalue weighted by atomic mass is 9.84. The Balaban J connectivity index is 1.47. The largest absolute Gasteiger partial charge is 0.489 e. The minimum atomic E-state index is -0.925. The molecule has 0 radical (unpaired) electrons. The van der Waals surface area contributed by atoms with Crippen molar-refractivity contribution < 1.29 is 23.4 Å². The molecule has 35 heavy (non-hydrogen) atoms. The molecule has 1 aliphatic heterocycles. The first-order valence-corrected chi connectivity index (χ1v) is 11.5. The number of pyridine rings is 1. The number of aromatic nitrogens is 1. The van der Waals surface area contributed by atoms with Gasteiger partial charge in [0.25, 0.3) is 0 Å².